The minimum atomic E-state index is -4.13. The molecule has 1 N–H and O–H groups in total. The zero-order valence-corrected chi connectivity index (χ0v) is 27.5. The highest BCUT2D eigenvalue weighted by Crippen LogP contribution is 2.29. The molecule has 240 valence electrons. The van der Waals surface area contributed by atoms with Gasteiger partial charge in [0.1, 0.15) is 12.6 Å². The van der Waals surface area contributed by atoms with Crippen molar-refractivity contribution in [3.8, 4) is 0 Å². The number of amides is 2. The summed E-state index contributed by atoms with van der Waals surface area (Å²) in [6.45, 7) is 3.66. The van der Waals surface area contributed by atoms with Crippen LogP contribution in [0.25, 0.3) is 0 Å². The Bertz CT molecular complexity index is 1700. The maximum Gasteiger partial charge on any atom is 0.264 e. The number of benzene rings is 4. The zero-order valence-electron chi connectivity index (χ0n) is 26.6. The van der Waals surface area contributed by atoms with Crippen LogP contribution in [0.2, 0.25) is 0 Å². The molecule has 4 aromatic carbocycles. The molecule has 0 aliphatic heterocycles. The van der Waals surface area contributed by atoms with E-state index in [1.54, 1.807) is 47.4 Å². The number of para-hydroxylation sites is 1. The molecule has 0 spiro atoms. The number of aryl methyl sites for hydroxylation is 2. The Labute approximate surface area is 273 Å². The van der Waals surface area contributed by atoms with Crippen LogP contribution in [-0.4, -0.2) is 43.8 Å². The Morgan fingerprint density at radius 1 is 0.804 bits per heavy atom. The Morgan fingerprint density at radius 2 is 1.41 bits per heavy atom. The van der Waals surface area contributed by atoms with E-state index in [4.69, 9.17) is 0 Å². The van der Waals surface area contributed by atoms with E-state index in [0.29, 0.717) is 18.5 Å². The van der Waals surface area contributed by atoms with Gasteiger partial charge in [0, 0.05) is 19.0 Å². The summed E-state index contributed by atoms with van der Waals surface area (Å²) in [5.41, 5.74) is 4.11. The van der Waals surface area contributed by atoms with Crippen molar-refractivity contribution in [1.29, 1.82) is 0 Å². The number of anilines is 1. The van der Waals surface area contributed by atoms with E-state index < -0.39 is 28.5 Å². The molecule has 1 aliphatic rings. The molecular formula is C38H43N3O4S. The van der Waals surface area contributed by atoms with Gasteiger partial charge in [-0.1, -0.05) is 116 Å². The van der Waals surface area contributed by atoms with Gasteiger partial charge < -0.3 is 10.2 Å². The van der Waals surface area contributed by atoms with Crippen molar-refractivity contribution in [2.24, 2.45) is 0 Å². The quantitative estimate of drug-likeness (QED) is 0.183. The fourth-order valence-electron chi connectivity index (χ4n) is 6.10. The van der Waals surface area contributed by atoms with Crippen molar-refractivity contribution in [3.05, 3.63) is 131 Å². The first-order valence-electron chi connectivity index (χ1n) is 16.1. The Morgan fingerprint density at radius 3 is 2.07 bits per heavy atom. The molecule has 0 aromatic heterocycles. The topological polar surface area (TPSA) is 86.8 Å². The number of sulfonamides is 1. The maximum atomic E-state index is 14.7. The van der Waals surface area contributed by atoms with E-state index in [1.165, 1.54) is 4.31 Å². The van der Waals surface area contributed by atoms with Gasteiger partial charge in [-0.2, -0.15) is 0 Å². The van der Waals surface area contributed by atoms with Crippen LogP contribution < -0.4 is 9.62 Å². The SMILES string of the molecule is CCc1ccccc1N(CC(=O)N(Cc1ccc(C)cc1)C(Cc1ccccc1)C(=O)NC1CCCC1)S(=O)(=O)c1ccccc1. The van der Waals surface area contributed by atoms with Crippen molar-refractivity contribution >= 4 is 27.5 Å². The first-order chi connectivity index (χ1) is 22.3. The largest absolute Gasteiger partial charge is 0.352 e. The van der Waals surface area contributed by atoms with Crippen LogP contribution in [0.5, 0.6) is 0 Å². The van der Waals surface area contributed by atoms with E-state index >= 15 is 0 Å². The third-order valence-electron chi connectivity index (χ3n) is 8.70. The molecule has 0 saturated heterocycles. The lowest BCUT2D eigenvalue weighted by atomic mass is 10.0. The average molecular weight is 638 g/mol. The minimum absolute atomic E-state index is 0.0634. The van der Waals surface area contributed by atoms with Gasteiger partial charge in [-0.3, -0.25) is 13.9 Å². The molecule has 1 fully saturated rings. The molecule has 2 amide bonds. The van der Waals surface area contributed by atoms with Crippen molar-refractivity contribution < 1.29 is 18.0 Å². The van der Waals surface area contributed by atoms with E-state index in [0.717, 1.165) is 47.9 Å². The first-order valence-corrected chi connectivity index (χ1v) is 17.5. The van der Waals surface area contributed by atoms with Crippen LogP contribution in [0, 0.1) is 6.92 Å². The van der Waals surface area contributed by atoms with Gasteiger partial charge in [-0.25, -0.2) is 8.42 Å². The summed E-state index contributed by atoms with van der Waals surface area (Å²) in [5.74, 6) is -0.670. The molecule has 0 radical (unpaired) electrons. The van der Waals surface area contributed by atoms with Gasteiger partial charge in [0.25, 0.3) is 10.0 Å². The van der Waals surface area contributed by atoms with E-state index in [1.807, 2.05) is 80.6 Å². The number of hydrogen-bond acceptors (Lipinski definition) is 4. The molecule has 1 unspecified atom stereocenters. The Balaban J connectivity index is 1.58. The van der Waals surface area contributed by atoms with Gasteiger partial charge in [0.15, 0.2) is 0 Å². The second-order valence-electron chi connectivity index (χ2n) is 12.0. The molecule has 1 saturated carbocycles. The van der Waals surface area contributed by atoms with Gasteiger partial charge in [-0.15, -0.1) is 0 Å². The average Bonchev–Trinajstić information content (AvgIpc) is 3.59. The van der Waals surface area contributed by atoms with Gasteiger partial charge in [-0.05, 0) is 61.1 Å². The molecule has 0 bridgehead atoms. The number of nitrogens with one attached hydrogen (secondary N) is 1. The van der Waals surface area contributed by atoms with Gasteiger partial charge in [0.05, 0.1) is 10.6 Å². The third kappa shape index (κ3) is 8.04. The van der Waals surface area contributed by atoms with E-state index in [2.05, 4.69) is 5.32 Å². The minimum Gasteiger partial charge on any atom is -0.352 e. The van der Waals surface area contributed by atoms with Crippen LogP contribution >= 0.6 is 0 Å². The maximum absolute atomic E-state index is 14.7. The highest BCUT2D eigenvalue weighted by atomic mass is 32.2. The molecule has 46 heavy (non-hydrogen) atoms. The summed E-state index contributed by atoms with van der Waals surface area (Å²) < 4.78 is 29.7. The normalized spacial score (nSPS) is 14.0. The zero-order chi connectivity index (χ0) is 32.5. The van der Waals surface area contributed by atoms with Crippen molar-refractivity contribution in [2.75, 3.05) is 10.8 Å². The summed E-state index contributed by atoms with van der Waals surface area (Å²) in [7, 11) is -4.13. The molecule has 1 aliphatic carbocycles. The molecule has 7 nitrogen and oxygen atoms in total. The highest BCUT2D eigenvalue weighted by Gasteiger charge is 2.36. The second-order valence-corrected chi connectivity index (χ2v) is 13.9. The lowest BCUT2D eigenvalue weighted by Crippen LogP contribution is -2.54. The first kappa shape index (κ1) is 32.9. The molecule has 5 rings (SSSR count). The number of carbonyl (C=O) groups excluding carboxylic acids is 2. The summed E-state index contributed by atoms with van der Waals surface area (Å²) in [5, 5.41) is 3.22. The number of nitrogens with zero attached hydrogens (tertiary/aromatic N) is 2. The summed E-state index contributed by atoms with van der Waals surface area (Å²) in [6.07, 6.45) is 4.82. The number of hydrogen-bond donors (Lipinski definition) is 1. The number of rotatable bonds is 13. The summed E-state index contributed by atoms with van der Waals surface area (Å²) >= 11 is 0. The fraction of sp³-hybridized carbons (Fsp3) is 0.316. The molecular weight excluding hydrogens is 595 g/mol. The van der Waals surface area contributed by atoms with Gasteiger partial charge in [0.2, 0.25) is 11.8 Å². The van der Waals surface area contributed by atoms with Crippen molar-refractivity contribution in [2.45, 2.75) is 75.9 Å². The summed E-state index contributed by atoms with van der Waals surface area (Å²) in [6, 6.07) is 32.2. The molecule has 1 atom stereocenters. The van der Waals surface area contributed by atoms with Crippen LogP contribution in [-0.2, 0) is 39.0 Å². The fourth-order valence-corrected chi connectivity index (χ4v) is 7.57. The predicted molar refractivity (Wildman–Crippen MR) is 183 cm³/mol. The number of carbonyl (C=O) groups is 2. The lowest BCUT2D eigenvalue weighted by molar-refractivity contribution is -0.140. The molecule has 0 heterocycles. The Hall–Kier alpha value is -4.43. The molecule has 8 heteroatoms. The van der Waals surface area contributed by atoms with Crippen LogP contribution in [0.4, 0.5) is 5.69 Å². The van der Waals surface area contributed by atoms with Gasteiger partial charge >= 0.3 is 0 Å². The van der Waals surface area contributed by atoms with E-state index in [-0.39, 0.29) is 23.4 Å². The van der Waals surface area contributed by atoms with Crippen molar-refractivity contribution in [3.63, 3.8) is 0 Å². The monoisotopic (exact) mass is 637 g/mol. The molecule has 4 aromatic rings. The third-order valence-corrected chi connectivity index (χ3v) is 10.5. The predicted octanol–water partition coefficient (Wildman–Crippen LogP) is 6.45. The van der Waals surface area contributed by atoms with E-state index in [9.17, 15) is 18.0 Å². The van der Waals surface area contributed by atoms with Crippen molar-refractivity contribution in [1.82, 2.24) is 10.2 Å². The Kier molecular flexibility index (Phi) is 10.9. The standard InChI is InChI=1S/C38H43N3O4S/c1-3-32-16-10-13-21-35(32)41(46(44,45)34-19-8-5-9-20-34)28-37(42)40(27-31-24-22-29(2)23-25-31)36(26-30-14-6-4-7-15-30)38(43)39-33-17-11-12-18-33/h4-10,13-16,19-25,33,36H,3,11-12,17-18,26-28H2,1-2H3,(H,39,43). The highest BCUT2D eigenvalue weighted by molar-refractivity contribution is 7.92. The van der Waals surface area contributed by atoms with Crippen LogP contribution in [0.15, 0.2) is 114 Å². The van der Waals surface area contributed by atoms with Crippen LogP contribution in [0.3, 0.4) is 0 Å². The summed E-state index contributed by atoms with van der Waals surface area (Å²) in [4.78, 5) is 30.5. The van der Waals surface area contributed by atoms with Crippen LogP contribution in [0.1, 0.15) is 54.9 Å². The second kappa shape index (κ2) is 15.2. The smallest absolute Gasteiger partial charge is 0.264 e. The lowest BCUT2D eigenvalue weighted by Gasteiger charge is -2.34.